The predicted octanol–water partition coefficient (Wildman–Crippen LogP) is 2.74. The molecule has 0 amide bonds. The highest BCUT2D eigenvalue weighted by atomic mass is 15.2. The van der Waals surface area contributed by atoms with Crippen LogP contribution in [-0.4, -0.2) is 36.6 Å². The third-order valence-corrected chi connectivity index (χ3v) is 4.30. The molecule has 2 nitrogen and oxygen atoms in total. The molecule has 1 heterocycles. The van der Waals surface area contributed by atoms with E-state index >= 15 is 0 Å². The third-order valence-electron chi connectivity index (χ3n) is 4.30. The Morgan fingerprint density at radius 2 is 1.94 bits per heavy atom. The maximum Gasteiger partial charge on any atom is 0.0244 e. The molecule has 0 aromatic heterocycles. The van der Waals surface area contributed by atoms with Crippen LogP contribution in [0.4, 0.5) is 0 Å². The van der Waals surface area contributed by atoms with Gasteiger partial charge in [-0.05, 0) is 18.3 Å². The van der Waals surface area contributed by atoms with Crippen LogP contribution in [0.3, 0.4) is 0 Å². The van der Waals surface area contributed by atoms with Crippen LogP contribution in [0.5, 0.6) is 0 Å². The fraction of sp³-hybridized carbons (Fsp3) is 1.00. The zero-order chi connectivity index (χ0) is 12.3. The van der Waals surface area contributed by atoms with Crippen LogP contribution in [0.1, 0.15) is 48.0 Å². The van der Waals surface area contributed by atoms with E-state index in [4.69, 9.17) is 0 Å². The van der Waals surface area contributed by atoms with Crippen LogP contribution in [-0.2, 0) is 0 Å². The number of piperazine rings is 1. The van der Waals surface area contributed by atoms with Gasteiger partial charge < -0.3 is 5.32 Å². The summed E-state index contributed by atoms with van der Waals surface area (Å²) < 4.78 is 0. The van der Waals surface area contributed by atoms with Gasteiger partial charge in [0.2, 0.25) is 0 Å². The Morgan fingerprint density at radius 3 is 2.44 bits per heavy atom. The van der Waals surface area contributed by atoms with Gasteiger partial charge in [0.05, 0.1) is 0 Å². The van der Waals surface area contributed by atoms with Gasteiger partial charge in [0.15, 0.2) is 0 Å². The van der Waals surface area contributed by atoms with E-state index in [0.717, 1.165) is 18.5 Å². The minimum absolute atomic E-state index is 0.369. The van der Waals surface area contributed by atoms with Gasteiger partial charge in [-0.25, -0.2) is 0 Å². The third kappa shape index (κ3) is 3.46. The van der Waals surface area contributed by atoms with Crippen molar-refractivity contribution < 1.29 is 0 Å². The Balaban J connectivity index is 2.57. The summed E-state index contributed by atoms with van der Waals surface area (Å²) in [4.78, 5) is 2.67. The van der Waals surface area contributed by atoms with Crippen LogP contribution >= 0.6 is 0 Å². The Bertz CT molecular complexity index is 207. The quantitative estimate of drug-likeness (QED) is 0.796. The predicted molar refractivity (Wildman–Crippen MR) is 71.7 cm³/mol. The molecule has 1 aliphatic heterocycles. The van der Waals surface area contributed by atoms with E-state index < -0.39 is 0 Å². The molecule has 1 fully saturated rings. The molecule has 3 unspecified atom stereocenters. The largest absolute Gasteiger partial charge is 0.311 e. The number of rotatable bonds is 3. The molecular formula is C14H30N2. The van der Waals surface area contributed by atoms with Gasteiger partial charge in [-0.3, -0.25) is 4.90 Å². The van der Waals surface area contributed by atoms with E-state index in [2.05, 4.69) is 51.8 Å². The lowest BCUT2D eigenvalue weighted by molar-refractivity contribution is 0.0812. The van der Waals surface area contributed by atoms with E-state index in [0.29, 0.717) is 11.5 Å². The Kier molecular flexibility index (Phi) is 4.81. The molecule has 0 radical (unpaired) electrons. The maximum absolute atomic E-state index is 3.66. The van der Waals surface area contributed by atoms with Crippen LogP contribution < -0.4 is 5.32 Å². The summed E-state index contributed by atoms with van der Waals surface area (Å²) in [5, 5.41) is 3.66. The second-order valence-electron chi connectivity index (χ2n) is 6.49. The lowest BCUT2D eigenvalue weighted by Gasteiger charge is -2.44. The first-order valence-electron chi connectivity index (χ1n) is 6.83. The number of nitrogens with one attached hydrogen (secondary N) is 1. The fourth-order valence-electron chi connectivity index (χ4n) is 2.42. The monoisotopic (exact) mass is 226 g/mol. The summed E-state index contributed by atoms with van der Waals surface area (Å²) >= 11 is 0. The minimum atomic E-state index is 0.369. The van der Waals surface area contributed by atoms with Crippen molar-refractivity contribution in [1.82, 2.24) is 10.2 Å². The molecule has 96 valence electrons. The van der Waals surface area contributed by atoms with Crippen molar-refractivity contribution in [3.63, 3.8) is 0 Å². The van der Waals surface area contributed by atoms with E-state index in [-0.39, 0.29) is 0 Å². The summed E-state index contributed by atoms with van der Waals surface area (Å²) in [7, 11) is 0. The van der Waals surface area contributed by atoms with Crippen LogP contribution in [0, 0.1) is 11.3 Å². The maximum atomic E-state index is 3.66. The molecule has 16 heavy (non-hydrogen) atoms. The van der Waals surface area contributed by atoms with Crippen molar-refractivity contribution in [2.24, 2.45) is 11.3 Å². The number of hydrogen-bond donors (Lipinski definition) is 1. The molecule has 1 rings (SSSR count). The van der Waals surface area contributed by atoms with Gasteiger partial charge in [0.1, 0.15) is 0 Å². The highest BCUT2D eigenvalue weighted by molar-refractivity contribution is 4.89. The Morgan fingerprint density at radius 1 is 1.31 bits per heavy atom. The lowest BCUT2D eigenvalue weighted by Crippen LogP contribution is -2.58. The van der Waals surface area contributed by atoms with Crippen molar-refractivity contribution >= 4 is 0 Å². The first-order chi connectivity index (χ1) is 7.36. The summed E-state index contributed by atoms with van der Waals surface area (Å²) in [5.74, 6) is 0.804. The second-order valence-corrected chi connectivity index (χ2v) is 6.49. The topological polar surface area (TPSA) is 15.3 Å². The average Bonchev–Trinajstić information content (AvgIpc) is 2.26. The summed E-state index contributed by atoms with van der Waals surface area (Å²) in [5.41, 5.74) is 0.369. The first-order valence-corrected chi connectivity index (χ1v) is 6.83. The standard InChI is InChI=1S/C14H30N2/c1-7-11(2)12(3)16-9-8-15-13(10-16)14(4,5)6/h11-13,15H,7-10H2,1-6H3. The molecule has 2 heteroatoms. The van der Waals surface area contributed by atoms with E-state index in [9.17, 15) is 0 Å². The van der Waals surface area contributed by atoms with Crippen LogP contribution in [0.2, 0.25) is 0 Å². The van der Waals surface area contributed by atoms with Crippen molar-refractivity contribution in [3.05, 3.63) is 0 Å². The first kappa shape index (κ1) is 14.0. The van der Waals surface area contributed by atoms with Gasteiger partial charge >= 0.3 is 0 Å². The van der Waals surface area contributed by atoms with E-state index in [1.165, 1.54) is 19.5 Å². The molecule has 0 aliphatic carbocycles. The van der Waals surface area contributed by atoms with Crippen LogP contribution in [0.15, 0.2) is 0 Å². The van der Waals surface area contributed by atoms with Crippen molar-refractivity contribution in [2.75, 3.05) is 19.6 Å². The van der Waals surface area contributed by atoms with Crippen molar-refractivity contribution in [1.29, 1.82) is 0 Å². The van der Waals surface area contributed by atoms with Gasteiger partial charge in [0.25, 0.3) is 0 Å². The van der Waals surface area contributed by atoms with Crippen LogP contribution in [0.25, 0.3) is 0 Å². The van der Waals surface area contributed by atoms with Crippen molar-refractivity contribution in [3.8, 4) is 0 Å². The van der Waals surface area contributed by atoms with Gasteiger partial charge in [-0.1, -0.05) is 41.0 Å². The zero-order valence-electron chi connectivity index (χ0n) is 12.0. The SMILES string of the molecule is CCC(C)C(C)N1CCNC(C(C)(C)C)C1. The summed E-state index contributed by atoms with van der Waals surface area (Å²) in [6, 6.07) is 1.35. The molecule has 0 spiro atoms. The molecule has 0 bridgehead atoms. The molecule has 1 saturated heterocycles. The smallest absolute Gasteiger partial charge is 0.0244 e. The summed E-state index contributed by atoms with van der Waals surface area (Å²) in [6.07, 6.45) is 1.28. The van der Waals surface area contributed by atoms with Crippen molar-refractivity contribution in [2.45, 2.75) is 60.0 Å². The number of hydrogen-bond acceptors (Lipinski definition) is 2. The molecule has 0 aromatic rings. The molecule has 1 aliphatic rings. The van der Waals surface area contributed by atoms with Gasteiger partial charge in [-0.15, -0.1) is 0 Å². The highest BCUT2D eigenvalue weighted by Crippen LogP contribution is 2.24. The van der Waals surface area contributed by atoms with Gasteiger partial charge in [0, 0.05) is 31.7 Å². The number of nitrogens with zero attached hydrogens (tertiary/aromatic N) is 1. The molecular weight excluding hydrogens is 196 g/mol. The minimum Gasteiger partial charge on any atom is -0.311 e. The zero-order valence-corrected chi connectivity index (χ0v) is 12.0. The second kappa shape index (κ2) is 5.50. The molecule has 0 aromatic carbocycles. The Labute approximate surface area is 102 Å². The lowest BCUT2D eigenvalue weighted by atomic mass is 9.84. The summed E-state index contributed by atoms with van der Waals surface area (Å²) in [6.45, 7) is 17.6. The Hall–Kier alpha value is -0.0800. The highest BCUT2D eigenvalue weighted by Gasteiger charge is 2.31. The molecule has 0 saturated carbocycles. The normalized spacial score (nSPS) is 27.8. The average molecular weight is 226 g/mol. The van der Waals surface area contributed by atoms with E-state index in [1.807, 2.05) is 0 Å². The molecule has 1 N–H and O–H groups in total. The van der Waals surface area contributed by atoms with E-state index in [1.54, 1.807) is 0 Å². The van der Waals surface area contributed by atoms with Gasteiger partial charge in [-0.2, -0.15) is 0 Å². The molecule has 3 atom stereocenters. The fourth-order valence-corrected chi connectivity index (χ4v) is 2.42.